The first kappa shape index (κ1) is 16.6. The van der Waals surface area contributed by atoms with Crippen LogP contribution in [0, 0.1) is 11.8 Å². The van der Waals surface area contributed by atoms with Crippen molar-refractivity contribution in [3.05, 3.63) is 27.7 Å². The Hall–Kier alpha value is -0.770. The number of sulfonamides is 1. The van der Waals surface area contributed by atoms with Crippen LogP contribution in [0.5, 0.6) is 0 Å². The number of hydrogen-bond donors (Lipinski definition) is 2. The van der Waals surface area contributed by atoms with Gasteiger partial charge in [0, 0.05) is 11.6 Å². The van der Waals surface area contributed by atoms with E-state index in [2.05, 4.69) is 16.6 Å². The average molecular weight is 348 g/mol. The van der Waals surface area contributed by atoms with Crippen molar-refractivity contribution in [3.8, 4) is 11.8 Å². The summed E-state index contributed by atoms with van der Waals surface area (Å²) >= 11 is 12.1. The summed E-state index contributed by atoms with van der Waals surface area (Å²) in [6, 6.07) is 2.80. The molecule has 0 spiro atoms. The predicted octanol–water partition coefficient (Wildman–Crippen LogP) is 2.56. The van der Waals surface area contributed by atoms with Crippen LogP contribution in [0.1, 0.15) is 31.2 Å². The fourth-order valence-electron chi connectivity index (χ4n) is 2.35. The minimum Gasteiger partial charge on any atom is -0.384 e. The molecule has 2 N–H and O–H groups in total. The normalized spacial score (nSPS) is 15.8. The molecule has 1 aliphatic carbocycles. The first-order valence-electron chi connectivity index (χ1n) is 6.55. The lowest BCUT2D eigenvalue weighted by Gasteiger charge is -2.14. The van der Waals surface area contributed by atoms with Crippen LogP contribution in [-0.2, 0) is 10.0 Å². The molecule has 1 saturated carbocycles. The second-order valence-electron chi connectivity index (χ2n) is 4.83. The van der Waals surface area contributed by atoms with Crippen molar-refractivity contribution in [2.24, 2.45) is 0 Å². The molecule has 0 unspecified atom stereocenters. The maximum absolute atomic E-state index is 12.4. The molecule has 0 bridgehead atoms. The van der Waals surface area contributed by atoms with E-state index in [9.17, 15) is 8.42 Å². The molecule has 21 heavy (non-hydrogen) atoms. The number of hydrogen-bond acceptors (Lipinski definition) is 3. The van der Waals surface area contributed by atoms with Crippen molar-refractivity contribution in [3.63, 3.8) is 0 Å². The van der Waals surface area contributed by atoms with E-state index >= 15 is 0 Å². The molecule has 1 aliphatic rings. The SMILES string of the molecule is O=S(=O)(NC1CCCC1)c1c(Cl)cc(C#CCO)cc1Cl. The van der Waals surface area contributed by atoms with E-state index in [1.54, 1.807) is 0 Å². The highest BCUT2D eigenvalue weighted by molar-refractivity contribution is 7.89. The van der Waals surface area contributed by atoms with Gasteiger partial charge in [0.15, 0.2) is 0 Å². The van der Waals surface area contributed by atoms with Crippen LogP contribution < -0.4 is 4.72 Å². The topological polar surface area (TPSA) is 66.4 Å². The molecule has 0 aliphatic heterocycles. The van der Waals surface area contributed by atoms with Crippen molar-refractivity contribution in [2.45, 2.75) is 36.6 Å². The molecule has 114 valence electrons. The molecule has 0 amide bonds. The number of aliphatic hydroxyl groups excluding tert-OH is 1. The lowest BCUT2D eigenvalue weighted by atomic mass is 10.2. The first-order valence-corrected chi connectivity index (χ1v) is 8.79. The van der Waals surface area contributed by atoms with Crippen LogP contribution in [0.3, 0.4) is 0 Å². The Labute approximate surface area is 134 Å². The van der Waals surface area contributed by atoms with E-state index in [1.807, 2.05) is 0 Å². The number of aliphatic hydroxyl groups is 1. The smallest absolute Gasteiger partial charge is 0.243 e. The van der Waals surface area contributed by atoms with Gasteiger partial charge in [0.25, 0.3) is 0 Å². The minimum atomic E-state index is -3.75. The molecule has 0 heterocycles. The number of benzene rings is 1. The van der Waals surface area contributed by atoms with Crippen molar-refractivity contribution in [1.82, 2.24) is 4.72 Å². The Kier molecular flexibility index (Phi) is 5.53. The summed E-state index contributed by atoms with van der Waals surface area (Å²) < 4.78 is 27.4. The van der Waals surface area contributed by atoms with Crippen LogP contribution in [0.25, 0.3) is 0 Å². The Morgan fingerprint density at radius 3 is 2.33 bits per heavy atom. The van der Waals surface area contributed by atoms with Gasteiger partial charge in [-0.05, 0) is 25.0 Å². The van der Waals surface area contributed by atoms with Crippen LogP contribution >= 0.6 is 23.2 Å². The molecular formula is C14H15Cl2NO3S. The van der Waals surface area contributed by atoms with Gasteiger partial charge in [-0.1, -0.05) is 47.9 Å². The largest absolute Gasteiger partial charge is 0.384 e. The summed E-state index contributed by atoms with van der Waals surface area (Å²) in [6.07, 6.45) is 3.69. The van der Waals surface area contributed by atoms with Gasteiger partial charge in [0.05, 0.1) is 10.0 Å². The van der Waals surface area contributed by atoms with E-state index in [0.717, 1.165) is 25.7 Å². The van der Waals surface area contributed by atoms with Crippen LogP contribution in [0.15, 0.2) is 17.0 Å². The van der Waals surface area contributed by atoms with E-state index in [4.69, 9.17) is 28.3 Å². The van der Waals surface area contributed by atoms with Gasteiger partial charge in [-0.25, -0.2) is 13.1 Å². The Morgan fingerprint density at radius 1 is 1.24 bits per heavy atom. The zero-order valence-electron chi connectivity index (χ0n) is 11.2. The highest BCUT2D eigenvalue weighted by Crippen LogP contribution is 2.31. The number of halogens is 2. The van der Waals surface area contributed by atoms with Gasteiger partial charge < -0.3 is 5.11 Å². The van der Waals surface area contributed by atoms with Crippen LogP contribution in [0.2, 0.25) is 10.0 Å². The molecule has 0 saturated heterocycles. The quantitative estimate of drug-likeness (QED) is 0.825. The molecule has 0 aromatic heterocycles. The predicted molar refractivity (Wildman–Crippen MR) is 83.0 cm³/mol. The second kappa shape index (κ2) is 6.99. The molecule has 4 nitrogen and oxygen atoms in total. The zero-order chi connectivity index (χ0) is 15.5. The standard InChI is InChI=1S/C14H15Cl2NO3S/c15-12-8-10(4-3-7-18)9-13(16)14(12)21(19,20)17-11-5-1-2-6-11/h8-9,11,17-18H,1-2,5-7H2. The summed E-state index contributed by atoms with van der Waals surface area (Å²) in [4.78, 5) is -0.118. The van der Waals surface area contributed by atoms with Gasteiger partial charge in [-0.3, -0.25) is 0 Å². The summed E-state index contributed by atoms with van der Waals surface area (Å²) in [7, 11) is -3.75. The van der Waals surface area contributed by atoms with Gasteiger partial charge in [0.2, 0.25) is 10.0 Å². The first-order chi connectivity index (χ1) is 9.94. The lowest BCUT2D eigenvalue weighted by Crippen LogP contribution is -2.33. The third-order valence-electron chi connectivity index (χ3n) is 3.26. The van der Waals surface area contributed by atoms with Gasteiger partial charge in [-0.15, -0.1) is 0 Å². The van der Waals surface area contributed by atoms with E-state index in [-0.39, 0.29) is 27.6 Å². The van der Waals surface area contributed by atoms with E-state index in [0.29, 0.717) is 5.56 Å². The third kappa shape index (κ3) is 4.12. The second-order valence-corrected chi connectivity index (χ2v) is 7.30. The molecular weight excluding hydrogens is 333 g/mol. The van der Waals surface area contributed by atoms with Crippen LogP contribution in [0.4, 0.5) is 0 Å². The summed E-state index contributed by atoms with van der Waals surface area (Å²) in [5.41, 5.74) is 0.457. The third-order valence-corrected chi connectivity index (χ3v) is 5.70. The summed E-state index contributed by atoms with van der Waals surface area (Å²) in [5, 5.41) is 8.71. The zero-order valence-corrected chi connectivity index (χ0v) is 13.5. The maximum atomic E-state index is 12.4. The number of rotatable bonds is 3. The molecule has 1 fully saturated rings. The van der Waals surface area contributed by atoms with E-state index < -0.39 is 10.0 Å². The van der Waals surface area contributed by atoms with Crippen LogP contribution in [-0.4, -0.2) is 26.2 Å². The highest BCUT2D eigenvalue weighted by atomic mass is 35.5. The van der Waals surface area contributed by atoms with Gasteiger partial charge in [-0.2, -0.15) is 0 Å². The summed E-state index contributed by atoms with van der Waals surface area (Å²) in [6.45, 7) is -0.293. The van der Waals surface area contributed by atoms with Crippen molar-refractivity contribution < 1.29 is 13.5 Å². The molecule has 2 rings (SSSR count). The minimum absolute atomic E-state index is 0.0234. The monoisotopic (exact) mass is 347 g/mol. The Balaban J connectivity index is 2.34. The fourth-order valence-corrected chi connectivity index (χ4v) is 4.87. The molecule has 1 aromatic rings. The maximum Gasteiger partial charge on any atom is 0.243 e. The van der Waals surface area contributed by atoms with Crippen molar-refractivity contribution >= 4 is 33.2 Å². The molecule has 0 atom stereocenters. The van der Waals surface area contributed by atoms with Gasteiger partial charge in [0.1, 0.15) is 11.5 Å². The Bertz CT molecular complexity index is 663. The van der Waals surface area contributed by atoms with E-state index in [1.165, 1.54) is 12.1 Å². The fraction of sp³-hybridized carbons (Fsp3) is 0.429. The summed E-state index contributed by atoms with van der Waals surface area (Å²) in [5.74, 6) is 5.10. The molecule has 1 aromatic carbocycles. The Morgan fingerprint density at radius 2 is 1.81 bits per heavy atom. The molecule has 7 heteroatoms. The number of nitrogens with one attached hydrogen (secondary N) is 1. The van der Waals surface area contributed by atoms with Crippen molar-refractivity contribution in [2.75, 3.05) is 6.61 Å². The lowest BCUT2D eigenvalue weighted by molar-refractivity contribution is 0.350. The average Bonchev–Trinajstić information content (AvgIpc) is 2.87. The molecule has 0 radical (unpaired) electrons. The van der Waals surface area contributed by atoms with Crippen molar-refractivity contribution in [1.29, 1.82) is 0 Å². The highest BCUT2D eigenvalue weighted by Gasteiger charge is 2.27. The van der Waals surface area contributed by atoms with Gasteiger partial charge >= 0.3 is 0 Å².